The number of rotatable bonds is 2. The third-order valence-electron chi connectivity index (χ3n) is 3.13. The molecule has 0 bridgehead atoms. The first kappa shape index (κ1) is 14.6. The van der Waals surface area contributed by atoms with Gasteiger partial charge in [-0.3, -0.25) is 0 Å². The highest BCUT2D eigenvalue weighted by molar-refractivity contribution is 5.89. The number of benzene rings is 1. The second kappa shape index (κ2) is 5.42. The first-order valence-electron chi connectivity index (χ1n) is 6.41. The summed E-state index contributed by atoms with van der Waals surface area (Å²) in [6, 6.07) is 5.92. The summed E-state index contributed by atoms with van der Waals surface area (Å²) in [5.41, 5.74) is 3.10. The van der Waals surface area contributed by atoms with E-state index in [-0.39, 0.29) is 11.6 Å². The van der Waals surface area contributed by atoms with E-state index in [9.17, 15) is 4.79 Å². The van der Waals surface area contributed by atoms with E-state index in [1.165, 1.54) is 11.1 Å². The molecule has 0 saturated carbocycles. The molecule has 1 N–H and O–H groups in total. The number of aryl methyl sites for hydroxylation is 2. The summed E-state index contributed by atoms with van der Waals surface area (Å²) in [5, 5.41) is 2.95. The molecule has 1 aromatic carbocycles. The van der Waals surface area contributed by atoms with Crippen molar-refractivity contribution in [3.8, 4) is 0 Å². The van der Waals surface area contributed by atoms with Crippen molar-refractivity contribution < 1.29 is 4.79 Å². The molecule has 3 nitrogen and oxygen atoms in total. The minimum Gasteiger partial charge on any atom is -0.320 e. The van der Waals surface area contributed by atoms with Gasteiger partial charge in [-0.15, -0.1) is 0 Å². The Morgan fingerprint density at radius 2 is 1.83 bits per heavy atom. The number of anilines is 1. The van der Waals surface area contributed by atoms with E-state index in [0.717, 1.165) is 5.69 Å². The van der Waals surface area contributed by atoms with Gasteiger partial charge in [0.2, 0.25) is 0 Å². The molecule has 0 unspecified atom stereocenters. The summed E-state index contributed by atoms with van der Waals surface area (Å²) in [6.07, 6.45) is 0. The van der Waals surface area contributed by atoms with Crippen molar-refractivity contribution in [1.29, 1.82) is 0 Å². The van der Waals surface area contributed by atoms with Crippen molar-refractivity contribution in [2.75, 3.05) is 11.9 Å². The Balaban J connectivity index is 2.83. The molecule has 0 radical (unpaired) electrons. The lowest BCUT2D eigenvalue weighted by Crippen LogP contribution is -2.47. The summed E-state index contributed by atoms with van der Waals surface area (Å²) in [5.74, 6) is 0. The molecule has 18 heavy (non-hydrogen) atoms. The number of hydrogen-bond acceptors (Lipinski definition) is 1. The van der Waals surface area contributed by atoms with E-state index >= 15 is 0 Å². The van der Waals surface area contributed by atoms with Gasteiger partial charge in [-0.05, 0) is 64.8 Å². The second-order valence-electron chi connectivity index (χ2n) is 5.64. The molecule has 0 saturated heterocycles. The fourth-order valence-corrected chi connectivity index (χ4v) is 1.93. The van der Waals surface area contributed by atoms with Gasteiger partial charge >= 0.3 is 6.03 Å². The average Bonchev–Trinajstić information content (AvgIpc) is 2.22. The minimum atomic E-state index is -0.168. The van der Waals surface area contributed by atoms with E-state index in [2.05, 4.69) is 12.2 Å². The van der Waals surface area contributed by atoms with Crippen LogP contribution in [0, 0.1) is 13.8 Å². The maximum atomic E-state index is 12.2. The zero-order valence-electron chi connectivity index (χ0n) is 12.3. The third kappa shape index (κ3) is 3.49. The quantitative estimate of drug-likeness (QED) is 0.844. The van der Waals surface area contributed by atoms with Crippen LogP contribution in [0.4, 0.5) is 10.5 Å². The number of amides is 2. The van der Waals surface area contributed by atoms with Gasteiger partial charge in [0.1, 0.15) is 0 Å². The van der Waals surface area contributed by atoms with Gasteiger partial charge in [0.25, 0.3) is 0 Å². The van der Waals surface area contributed by atoms with Crippen LogP contribution in [0.5, 0.6) is 0 Å². The van der Waals surface area contributed by atoms with Gasteiger partial charge in [0, 0.05) is 17.8 Å². The average molecular weight is 248 g/mol. The first-order chi connectivity index (χ1) is 8.25. The molecular formula is C15H24N2O. The SMILES string of the molecule is CCN(C(=O)Nc1ccc(C)c(C)c1)C(C)(C)C. The molecule has 0 spiro atoms. The van der Waals surface area contributed by atoms with E-state index in [1.807, 2.05) is 57.7 Å². The number of carbonyl (C=O) groups excluding carboxylic acids is 1. The van der Waals surface area contributed by atoms with Crippen LogP contribution in [0.1, 0.15) is 38.8 Å². The Morgan fingerprint density at radius 1 is 1.22 bits per heavy atom. The highest BCUT2D eigenvalue weighted by atomic mass is 16.2. The van der Waals surface area contributed by atoms with Crippen LogP contribution in [-0.2, 0) is 0 Å². The van der Waals surface area contributed by atoms with E-state index < -0.39 is 0 Å². The zero-order valence-corrected chi connectivity index (χ0v) is 12.3. The molecule has 1 rings (SSSR count). The number of carbonyl (C=O) groups is 1. The zero-order chi connectivity index (χ0) is 13.9. The predicted molar refractivity (Wildman–Crippen MR) is 77.1 cm³/mol. The Labute approximate surface area is 110 Å². The van der Waals surface area contributed by atoms with Crippen molar-refractivity contribution >= 4 is 11.7 Å². The van der Waals surface area contributed by atoms with Crippen LogP contribution in [-0.4, -0.2) is 23.0 Å². The Hall–Kier alpha value is -1.51. The highest BCUT2D eigenvalue weighted by Gasteiger charge is 2.24. The van der Waals surface area contributed by atoms with Crippen molar-refractivity contribution in [3.63, 3.8) is 0 Å². The van der Waals surface area contributed by atoms with Crippen LogP contribution >= 0.6 is 0 Å². The largest absolute Gasteiger partial charge is 0.322 e. The molecule has 0 heterocycles. The lowest BCUT2D eigenvalue weighted by atomic mass is 10.1. The Morgan fingerprint density at radius 3 is 2.28 bits per heavy atom. The van der Waals surface area contributed by atoms with Crippen molar-refractivity contribution in [2.45, 2.75) is 47.1 Å². The molecule has 0 fully saturated rings. The fourth-order valence-electron chi connectivity index (χ4n) is 1.93. The van der Waals surface area contributed by atoms with Crippen molar-refractivity contribution in [1.82, 2.24) is 4.90 Å². The van der Waals surface area contributed by atoms with Crippen LogP contribution in [0.15, 0.2) is 18.2 Å². The summed E-state index contributed by atoms with van der Waals surface area (Å²) < 4.78 is 0. The molecule has 2 amide bonds. The summed E-state index contributed by atoms with van der Waals surface area (Å²) in [6.45, 7) is 12.9. The molecule has 0 aromatic heterocycles. The van der Waals surface area contributed by atoms with Gasteiger partial charge in [-0.1, -0.05) is 6.07 Å². The van der Waals surface area contributed by atoms with Gasteiger partial charge in [-0.2, -0.15) is 0 Å². The smallest absolute Gasteiger partial charge is 0.320 e. The number of urea groups is 1. The van der Waals surface area contributed by atoms with E-state index in [1.54, 1.807) is 0 Å². The predicted octanol–water partition coefficient (Wildman–Crippen LogP) is 3.96. The molecule has 3 heteroatoms. The third-order valence-corrected chi connectivity index (χ3v) is 3.13. The maximum absolute atomic E-state index is 12.2. The van der Waals surface area contributed by atoms with Crippen LogP contribution in [0.2, 0.25) is 0 Å². The second-order valence-corrected chi connectivity index (χ2v) is 5.64. The molecule has 1 aromatic rings. The minimum absolute atomic E-state index is 0.0479. The van der Waals surface area contributed by atoms with Gasteiger partial charge in [0.15, 0.2) is 0 Å². The lowest BCUT2D eigenvalue weighted by molar-refractivity contribution is 0.162. The molecule has 100 valence electrons. The number of hydrogen-bond donors (Lipinski definition) is 1. The summed E-state index contributed by atoms with van der Waals surface area (Å²) in [4.78, 5) is 14.0. The molecule has 0 aliphatic rings. The molecule has 0 atom stereocenters. The topological polar surface area (TPSA) is 32.3 Å². The summed E-state index contributed by atoms with van der Waals surface area (Å²) >= 11 is 0. The molecular weight excluding hydrogens is 224 g/mol. The summed E-state index contributed by atoms with van der Waals surface area (Å²) in [7, 11) is 0. The van der Waals surface area contributed by atoms with E-state index in [0.29, 0.717) is 6.54 Å². The number of nitrogens with one attached hydrogen (secondary N) is 1. The first-order valence-corrected chi connectivity index (χ1v) is 6.41. The monoisotopic (exact) mass is 248 g/mol. The van der Waals surface area contributed by atoms with Crippen LogP contribution in [0.3, 0.4) is 0 Å². The van der Waals surface area contributed by atoms with Gasteiger partial charge in [-0.25, -0.2) is 4.79 Å². The van der Waals surface area contributed by atoms with Crippen molar-refractivity contribution in [2.24, 2.45) is 0 Å². The van der Waals surface area contributed by atoms with Gasteiger partial charge in [0.05, 0.1) is 0 Å². The highest BCUT2D eigenvalue weighted by Crippen LogP contribution is 2.18. The maximum Gasteiger partial charge on any atom is 0.322 e. The Kier molecular flexibility index (Phi) is 4.38. The standard InChI is InChI=1S/C15H24N2O/c1-7-17(15(4,5)6)14(18)16-13-9-8-11(2)12(3)10-13/h8-10H,7H2,1-6H3,(H,16,18). The fraction of sp³-hybridized carbons (Fsp3) is 0.533. The van der Waals surface area contributed by atoms with Gasteiger partial charge < -0.3 is 10.2 Å². The molecule has 0 aliphatic heterocycles. The van der Waals surface area contributed by atoms with E-state index in [4.69, 9.17) is 0 Å². The number of nitrogens with zero attached hydrogens (tertiary/aromatic N) is 1. The lowest BCUT2D eigenvalue weighted by Gasteiger charge is -2.34. The normalized spacial score (nSPS) is 11.2. The van der Waals surface area contributed by atoms with Crippen molar-refractivity contribution in [3.05, 3.63) is 29.3 Å². The van der Waals surface area contributed by atoms with Crippen LogP contribution < -0.4 is 5.32 Å². The van der Waals surface area contributed by atoms with Crippen LogP contribution in [0.25, 0.3) is 0 Å². The molecule has 0 aliphatic carbocycles. The Bertz CT molecular complexity index is 433.